The van der Waals surface area contributed by atoms with Gasteiger partial charge in [-0.1, -0.05) is 142 Å². The van der Waals surface area contributed by atoms with Crippen molar-refractivity contribution in [3.05, 3.63) is 175 Å². The summed E-state index contributed by atoms with van der Waals surface area (Å²) in [6, 6.07) is 25.1. The molecule has 0 saturated carbocycles. The number of anilines is 1. The minimum Gasteiger partial charge on any atom is -0.393 e. The van der Waals surface area contributed by atoms with E-state index in [9.17, 15) is 24.2 Å². The fourth-order valence-corrected chi connectivity index (χ4v) is 7.91. The zero-order valence-electron chi connectivity index (χ0n) is 41.2. The van der Waals surface area contributed by atoms with Gasteiger partial charge in [-0.2, -0.15) is 0 Å². The minimum absolute atomic E-state index is 0.00721. The molecule has 0 fully saturated rings. The highest BCUT2D eigenvalue weighted by Crippen LogP contribution is 2.42. The average molecular weight is 941 g/mol. The third kappa shape index (κ3) is 21.5. The zero-order valence-corrected chi connectivity index (χ0v) is 41.2. The van der Waals surface area contributed by atoms with Crippen LogP contribution in [0.4, 0.5) is 10.1 Å². The van der Waals surface area contributed by atoms with Gasteiger partial charge in [-0.25, -0.2) is 4.39 Å². The molecule has 370 valence electrons. The van der Waals surface area contributed by atoms with Crippen LogP contribution in [-0.4, -0.2) is 71.7 Å². The van der Waals surface area contributed by atoms with Crippen LogP contribution in [-0.2, 0) is 16.1 Å². The summed E-state index contributed by atoms with van der Waals surface area (Å²) in [5.74, 6) is -1.09. The number of para-hydroxylation sites is 1. The topological polar surface area (TPSA) is 125 Å². The number of unbranched alkanes of at least 4 members (excludes halogenated alkanes) is 1. The van der Waals surface area contributed by atoms with Gasteiger partial charge in [-0.3, -0.25) is 9.59 Å². The van der Waals surface area contributed by atoms with Gasteiger partial charge in [0.1, 0.15) is 5.82 Å². The molecule has 0 unspecified atom stereocenters. The first-order valence-electron chi connectivity index (χ1n) is 24.9. The predicted molar refractivity (Wildman–Crippen MR) is 284 cm³/mol. The molecule has 5 N–H and O–H groups in total. The lowest BCUT2D eigenvalue weighted by Gasteiger charge is -2.20. The fraction of sp³-hybridized carbons (Fsp3) is 0.390. The van der Waals surface area contributed by atoms with Crippen molar-refractivity contribution in [1.82, 2.24) is 15.2 Å². The number of halogens is 1. The number of benzene rings is 3. The normalized spacial score (nSPS) is 13.1. The Morgan fingerprint density at radius 3 is 1.84 bits per heavy atom. The van der Waals surface area contributed by atoms with Crippen molar-refractivity contribution in [2.75, 3.05) is 38.2 Å². The Morgan fingerprint density at radius 1 is 0.681 bits per heavy atom. The molecule has 9 nitrogen and oxygen atoms in total. The molecule has 1 heterocycles. The van der Waals surface area contributed by atoms with Crippen LogP contribution in [0.25, 0.3) is 22.4 Å². The molecule has 0 radical (unpaired) electrons. The third-order valence-electron chi connectivity index (χ3n) is 11.3. The van der Waals surface area contributed by atoms with Crippen molar-refractivity contribution >= 4 is 17.5 Å². The van der Waals surface area contributed by atoms with Crippen LogP contribution < -0.4 is 16.0 Å². The first-order valence-corrected chi connectivity index (χ1v) is 24.9. The van der Waals surface area contributed by atoms with Crippen LogP contribution in [0.15, 0.2) is 158 Å². The number of hydrogen-bond acceptors (Lipinski definition) is 6. The van der Waals surface area contributed by atoms with E-state index in [4.69, 9.17) is 4.74 Å². The van der Waals surface area contributed by atoms with E-state index in [0.717, 1.165) is 87.0 Å². The molecule has 0 saturated heterocycles. The lowest BCUT2D eigenvalue weighted by Crippen LogP contribution is -2.32. The zero-order chi connectivity index (χ0) is 49.3. The van der Waals surface area contributed by atoms with Crippen molar-refractivity contribution in [3.63, 3.8) is 0 Å². The second-order valence-corrected chi connectivity index (χ2v) is 17.3. The summed E-state index contributed by atoms with van der Waals surface area (Å²) in [7, 11) is 0. The minimum atomic E-state index is -1.06. The van der Waals surface area contributed by atoms with Crippen LogP contribution in [0.2, 0.25) is 0 Å². The molecule has 0 bridgehead atoms. The number of nitrogens with one attached hydrogen (secondary N) is 3. The number of aliphatic hydroxyl groups excluding tert-OH is 2. The molecule has 0 spiro atoms. The summed E-state index contributed by atoms with van der Waals surface area (Å²) in [5.41, 5.74) is 4.89. The van der Waals surface area contributed by atoms with Gasteiger partial charge in [0.2, 0.25) is 5.91 Å². The summed E-state index contributed by atoms with van der Waals surface area (Å²) >= 11 is 0. The van der Waals surface area contributed by atoms with E-state index in [1.54, 1.807) is 12.1 Å². The summed E-state index contributed by atoms with van der Waals surface area (Å²) in [6.07, 6.45) is 32.6. The van der Waals surface area contributed by atoms with Gasteiger partial charge in [-0.05, 0) is 124 Å². The van der Waals surface area contributed by atoms with Crippen LogP contribution in [0.1, 0.15) is 113 Å². The van der Waals surface area contributed by atoms with E-state index < -0.39 is 12.2 Å². The van der Waals surface area contributed by atoms with Gasteiger partial charge in [0.05, 0.1) is 43.1 Å². The molecule has 0 aliphatic rings. The Balaban J connectivity index is 1.14. The number of carbonyl (C=O) groups excluding carboxylic acids is 2. The Labute approximate surface area is 411 Å². The fourth-order valence-electron chi connectivity index (χ4n) is 7.91. The van der Waals surface area contributed by atoms with Gasteiger partial charge in [-0.15, -0.1) is 0 Å². The molecule has 69 heavy (non-hydrogen) atoms. The number of amides is 2. The highest BCUT2D eigenvalue weighted by atomic mass is 19.1. The molecule has 2 amide bonds. The largest absolute Gasteiger partial charge is 0.393 e. The molecule has 4 rings (SSSR count). The van der Waals surface area contributed by atoms with Crippen LogP contribution in [0.5, 0.6) is 0 Å². The number of nitrogens with zero attached hydrogens (tertiary/aromatic N) is 1. The number of ether oxygens (including phenoxy) is 1. The van der Waals surface area contributed by atoms with E-state index >= 15 is 0 Å². The molecule has 4 aromatic rings. The van der Waals surface area contributed by atoms with Gasteiger partial charge in [0, 0.05) is 36.6 Å². The maximum Gasteiger partial charge on any atom is 0.258 e. The quantitative estimate of drug-likeness (QED) is 0.0239. The number of carbonyl (C=O) groups is 2. The molecular formula is C59H77FN4O5. The van der Waals surface area contributed by atoms with Crippen molar-refractivity contribution in [1.29, 1.82) is 0 Å². The van der Waals surface area contributed by atoms with Gasteiger partial charge < -0.3 is 35.5 Å². The summed E-state index contributed by atoms with van der Waals surface area (Å²) in [6.45, 7) is 9.31. The van der Waals surface area contributed by atoms with Gasteiger partial charge >= 0.3 is 0 Å². The van der Waals surface area contributed by atoms with Crippen molar-refractivity contribution in [2.24, 2.45) is 0 Å². The monoisotopic (exact) mass is 941 g/mol. The van der Waals surface area contributed by atoms with Crippen LogP contribution >= 0.6 is 0 Å². The molecule has 10 heteroatoms. The molecular weight excluding hydrogens is 864 g/mol. The first-order chi connectivity index (χ1) is 33.7. The van der Waals surface area contributed by atoms with Crippen molar-refractivity contribution < 1.29 is 28.9 Å². The summed E-state index contributed by atoms with van der Waals surface area (Å²) in [4.78, 5) is 27.0. The number of rotatable bonds is 33. The highest BCUT2D eigenvalue weighted by Gasteiger charge is 2.31. The van der Waals surface area contributed by atoms with E-state index in [1.807, 2.05) is 79.1 Å². The number of allylic oxidation sites excluding steroid dienone is 12. The maximum atomic E-state index is 14.3. The summed E-state index contributed by atoms with van der Waals surface area (Å²) in [5, 5.41) is 31.3. The predicted octanol–water partition coefficient (Wildman–Crippen LogP) is 12.4. The van der Waals surface area contributed by atoms with Gasteiger partial charge in [0.15, 0.2) is 0 Å². The van der Waals surface area contributed by atoms with Gasteiger partial charge in [0.25, 0.3) is 5.91 Å². The SMILES string of the molecule is CC/C=C\C/C=C\C/C=C\C/C=C\C/C=C\C/C=C\CCCNCCOCCNC(=O)C[C@H](O)C[C@H](O)CCn1c(-c2ccc(F)cc2)c(-c2ccccc2)c(C(=O)Nc2ccccc2)c1C(C)C. The molecule has 2 atom stereocenters. The van der Waals surface area contributed by atoms with E-state index in [0.29, 0.717) is 43.1 Å². The van der Waals surface area contributed by atoms with Crippen LogP contribution in [0.3, 0.4) is 0 Å². The summed E-state index contributed by atoms with van der Waals surface area (Å²) < 4.78 is 22.0. The number of aromatic nitrogens is 1. The average Bonchev–Trinajstić information content (AvgIpc) is 3.69. The second-order valence-electron chi connectivity index (χ2n) is 17.3. The van der Waals surface area contributed by atoms with Crippen molar-refractivity contribution in [2.45, 2.75) is 116 Å². The molecule has 0 aliphatic heterocycles. The third-order valence-corrected chi connectivity index (χ3v) is 11.3. The lowest BCUT2D eigenvalue weighted by atomic mass is 9.94. The van der Waals surface area contributed by atoms with Crippen LogP contribution in [0, 0.1) is 5.82 Å². The first kappa shape index (κ1) is 55.7. The maximum absolute atomic E-state index is 14.3. The van der Waals surface area contributed by atoms with Crippen molar-refractivity contribution in [3.8, 4) is 22.4 Å². The Morgan fingerprint density at radius 2 is 1.25 bits per heavy atom. The Hall–Kier alpha value is -5.91. The Bertz CT molecular complexity index is 2240. The smallest absolute Gasteiger partial charge is 0.258 e. The number of aliphatic hydroxyl groups is 2. The highest BCUT2D eigenvalue weighted by molar-refractivity contribution is 6.12. The van der Waals surface area contributed by atoms with E-state index in [-0.39, 0.29) is 42.8 Å². The lowest BCUT2D eigenvalue weighted by molar-refractivity contribution is -0.123. The number of hydrogen-bond donors (Lipinski definition) is 5. The molecule has 3 aromatic carbocycles. The van der Waals surface area contributed by atoms with E-state index in [2.05, 4.69) is 95.8 Å². The molecule has 1 aromatic heterocycles. The molecule has 0 aliphatic carbocycles. The standard InChI is InChI=1S/C59H77FN4O5/c1-4-5-6-7-8-9-10-11-12-13-14-15-16-17-18-19-20-21-22-29-39-61-40-43-69-44-41-62-54(67)46-53(66)45-52(65)38-42-64-57(47(2)3)56(59(68)63-51-32-27-24-28-33-51)55(48-30-25-23-26-31-48)58(64)49-34-36-50(60)37-35-49/h5-6,8-9,11-12,14-15,17-18,20-21,23-28,30-37,47,52-53,61,65-66H,4,7,10,13,16,19,22,29,38-46H2,1-3H3,(H,62,67)(H,63,68)/b6-5-,9-8-,12-11-,15-14-,18-17-,21-20-/t52-,53-/m1/s1. The van der Waals surface area contributed by atoms with E-state index in [1.165, 1.54) is 12.1 Å². The Kier molecular flexibility index (Phi) is 27.1. The second kappa shape index (κ2) is 33.6.